The first-order valence-corrected chi connectivity index (χ1v) is 13.8. The fraction of sp³-hybridized carbons (Fsp3) is 0.417. The highest BCUT2D eigenvalue weighted by Gasteiger charge is 2.31. The van der Waals surface area contributed by atoms with Crippen molar-refractivity contribution in [3.63, 3.8) is 0 Å². The van der Waals surface area contributed by atoms with Crippen LogP contribution in [0.5, 0.6) is 0 Å². The predicted molar refractivity (Wildman–Crippen MR) is 138 cm³/mol. The van der Waals surface area contributed by atoms with Crippen LogP contribution >= 0.6 is 23.2 Å². The summed E-state index contributed by atoms with van der Waals surface area (Å²) in [6.45, 7) is 3.64. The average Bonchev–Trinajstić information content (AvgIpc) is 2.77. The smallest absolute Gasteiger partial charge is 0.244 e. The van der Waals surface area contributed by atoms with Crippen molar-refractivity contribution in [1.29, 1.82) is 0 Å². The van der Waals surface area contributed by atoms with Crippen molar-refractivity contribution in [1.82, 2.24) is 10.2 Å². The van der Waals surface area contributed by atoms with Crippen LogP contribution in [0.15, 0.2) is 42.5 Å². The molecule has 11 heteroatoms. The van der Waals surface area contributed by atoms with Gasteiger partial charge in [-0.25, -0.2) is 12.8 Å². The van der Waals surface area contributed by atoms with Gasteiger partial charge in [-0.1, -0.05) is 55.6 Å². The molecule has 0 unspecified atom stereocenters. The van der Waals surface area contributed by atoms with E-state index < -0.39 is 34.3 Å². The SMILES string of the molecule is CCCCNC(=O)[C@H](CC)N(Cc1ccc(F)cc1)C(=O)CN(c1cc(Cl)cc(Cl)c1)S(C)(=O)=O. The van der Waals surface area contributed by atoms with Crippen LogP contribution in [0.25, 0.3) is 0 Å². The minimum atomic E-state index is -3.91. The molecule has 7 nitrogen and oxygen atoms in total. The molecule has 0 heterocycles. The Balaban J connectivity index is 2.42. The average molecular weight is 546 g/mol. The summed E-state index contributed by atoms with van der Waals surface area (Å²) in [6, 6.07) is 8.93. The third-order valence-electron chi connectivity index (χ3n) is 5.30. The summed E-state index contributed by atoms with van der Waals surface area (Å²) in [6.07, 6.45) is 2.94. The highest BCUT2D eigenvalue weighted by molar-refractivity contribution is 7.92. The molecular weight excluding hydrogens is 516 g/mol. The number of benzene rings is 2. The van der Waals surface area contributed by atoms with Crippen LogP contribution in [0.4, 0.5) is 10.1 Å². The Morgan fingerprint density at radius 3 is 2.17 bits per heavy atom. The van der Waals surface area contributed by atoms with Crippen LogP contribution in [0.3, 0.4) is 0 Å². The molecule has 2 rings (SSSR count). The van der Waals surface area contributed by atoms with Crippen molar-refractivity contribution in [2.75, 3.05) is 23.7 Å². The van der Waals surface area contributed by atoms with Gasteiger partial charge in [0.1, 0.15) is 18.4 Å². The third-order valence-corrected chi connectivity index (χ3v) is 6.87. The molecule has 1 atom stereocenters. The maximum atomic E-state index is 13.5. The van der Waals surface area contributed by atoms with Gasteiger partial charge in [0.15, 0.2) is 0 Å². The van der Waals surface area contributed by atoms with Crippen molar-refractivity contribution in [2.45, 2.75) is 45.7 Å². The molecule has 0 spiro atoms. The number of unbranched alkanes of at least 4 members (excludes halogenated alkanes) is 1. The number of halogens is 3. The van der Waals surface area contributed by atoms with E-state index in [2.05, 4.69) is 5.32 Å². The van der Waals surface area contributed by atoms with Crippen LogP contribution < -0.4 is 9.62 Å². The number of carbonyl (C=O) groups excluding carboxylic acids is 2. The number of carbonyl (C=O) groups is 2. The number of amides is 2. The van der Waals surface area contributed by atoms with Gasteiger partial charge in [-0.2, -0.15) is 0 Å². The Labute approximate surface area is 216 Å². The summed E-state index contributed by atoms with van der Waals surface area (Å²) in [5, 5.41) is 3.25. The lowest BCUT2D eigenvalue weighted by molar-refractivity contribution is -0.140. The molecule has 2 amide bonds. The molecule has 0 aliphatic carbocycles. The van der Waals surface area contributed by atoms with Crippen molar-refractivity contribution < 1.29 is 22.4 Å². The molecule has 0 saturated carbocycles. The summed E-state index contributed by atoms with van der Waals surface area (Å²) in [4.78, 5) is 27.8. The van der Waals surface area contributed by atoms with Gasteiger partial charge in [-0.15, -0.1) is 0 Å². The first-order valence-electron chi connectivity index (χ1n) is 11.2. The summed E-state index contributed by atoms with van der Waals surface area (Å²) >= 11 is 12.1. The highest BCUT2D eigenvalue weighted by atomic mass is 35.5. The highest BCUT2D eigenvalue weighted by Crippen LogP contribution is 2.27. The van der Waals surface area contributed by atoms with E-state index in [1.807, 2.05) is 6.92 Å². The van der Waals surface area contributed by atoms with Gasteiger partial charge in [-0.3, -0.25) is 13.9 Å². The van der Waals surface area contributed by atoms with Crippen LogP contribution in [-0.2, 0) is 26.2 Å². The van der Waals surface area contributed by atoms with Gasteiger partial charge in [-0.05, 0) is 48.7 Å². The maximum Gasteiger partial charge on any atom is 0.244 e. The van der Waals surface area contributed by atoms with Gasteiger partial charge in [0.05, 0.1) is 11.9 Å². The number of anilines is 1. The molecule has 192 valence electrons. The molecule has 0 radical (unpaired) electrons. The number of rotatable bonds is 12. The molecule has 0 aliphatic heterocycles. The number of nitrogens with zero attached hydrogens (tertiary/aromatic N) is 2. The minimum absolute atomic E-state index is 0.00722. The minimum Gasteiger partial charge on any atom is -0.354 e. The van der Waals surface area contributed by atoms with E-state index in [0.717, 1.165) is 23.4 Å². The van der Waals surface area contributed by atoms with Crippen LogP contribution in [0, 0.1) is 5.82 Å². The van der Waals surface area contributed by atoms with Crippen molar-refractivity contribution in [3.05, 3.63) is 63.9 Å². The zero-order valence-corrected chi connectivity index (χ0v) is 22.3. The first kappa shape index (κ1) is 28.9. The van der Waals surface area contributed by atoms with E-state index in [1.54, 1.807) is 6.92 Å². The number of nitrogens with one attached hydrogen (secondary N) is 1. The van der Waals surface area contributed by atoms with Crippen LogP contribution in [-0.4, -0.2) is 50.5 Å². The van der Waals surface area contributed by atoms with E-state index in [9.17, 15) is 22.4 Å². The lowest BCUT2D eigenvalue weighted by Crippen LogP contribution is -2.52. The Kier molecular flexibility index (Phi) is 10.8. The van der Waals surface area contributed by atoms with Crippen molar-refractivity contribution in [2.24, 2.45) is 0 Å². The Morgan fingerprint density at radius 2 is 1.66 bits per heavy atom. The Hall–Kier alpha value is -2.36. The normalized spacial score (nSPS) is 12.2. The second kappa shape index (κ2) is 13.1. The molecule has 0 saturated heterocycles. The molecule has 0 fully saturated rings. The molecule has 2 aromatic rings. The molecule has 0 aromatic heterocycles. The van der Waals surface area contributed by atoms with Gasteiger partial charge >= 0.3 is 0 Å². The zero-order valence-electron chi connectivity index (χ0n) is 19.9. The summed E-state index contributed by atoms with van der Waals surface area (Å²) in [5.74, 6) is -1.38. The van der Waals surface area contributed by atoms with Gasteiger partial charge in [0.25, 0.3) is 0 Å². The molecule has 35 heavy (non-hydrogen) atoms. The van der Waals surface area contributed by atoms with Crippen LogP contribution in [0.1, 0.15) is 38.7 Å². The zero-order chi connectivity index (χ0) is 26.2. The predicted octanol–water partition coefficient (Wildman–Crippen LogP) is 4.62. The largest absolute Gasteiger partial charge is 0.354 e. The fourth-order valence-corrected chi connectivity index (χ4v) is 4.86. The van der Waals surface area contributed by atoms with E-state index >= 15 is 0 Å². The third kappa shape index (κ3) is 8.66. The second-order valence-electron chi connectivity index (χ2n) is 8.11. The molecule has 0 aliphatic rings. The monoisotopic (exact) mass is 545 g/mol. The fourth-order valence-electron chi connectivity index (χ4n) is 3.51. The van der Waals surface area contributed by atoms with Crippen molar-refractivity contribution in [3.8, 4) is 0 Å². The number of hydrogen-bond donors (Lipinski definition) is 1. The standard InChI is InChI=1S/C24H30Cl2FN3O4S/c1-4-6-11-28-24(32)22(5-2)29(15-17-7-9-20(27)10-8-17)23(31)16-30(35(3,33)34)21-13-18(25)12-19(26)14-21/h7-10,12-14,22H,4-6,11,15-16H2,1-3H3,(H,28,32)/t22-/m0/s1. The number of sulfonamides is 1. The topological polar surface area (TPSA) is 86.8 Å². The van der Waals surface area contributed by atoms with Crippen LogP contribution in [0.2, 0.25) is 10.0 Å². The number of hydrogen-bond acceptors (Lipinski definition) is 4. The van der Waals surface area contributed by atoms with E-state index in [4.69, 9.17) is 23.2 Å². The second-order valence-corrected chi connectivity index (χ2v) is 10.9. The molecular formula is C24H30Cl2FN3O4S. The van der Waals surface area contributed by atoms with Gasteiger partial charge in [0, 0.05) is 23.1 Å². The Morgan fingerprint density at radius 1 is 1.06 bits per heavy atom. The molecule has 1 N–H and O–H groups in total. The van der Waals surface area contributed by atoms with E-state index in [0.29, 0.717) is 18.5 Å². The molecule has 2 aromatic carbocycles. The first-order chi connectivity index (χ1) is 16.5. The van der Waals surface area contributed by atoms with E-state index in [-0.39, 0.29) is 28.2 Å². The molecule has 0 bridgehead atoms. The lowest BCUT2D eigenvalue weighted by atomic mass is 10.1. The van der Waals surface area contributed by atoms with Gasteiger partial charge in [0.2, 0.25) is 21.8 Å². The quantitative estimate of drug-likeness (QED) is 0.394. The summed E-state index contributed by atoms with van der Waals surface area (Å²) in [7, 11) is -3.91. The van der Waals surface area contributed by atoms with Gasteiger partial charge < -0.3 is 10.2 Å². The summed E-state index contributed by atoms with van der Waals surface area (Å²) in [5.41, 5.74) is 0.719. The maximum absolute atomic E-state index is 13.5. The summed E-state index contributed by atoms with van der Waals surface area (Å²) < 4.78 is 39.5. The lowest BCUT2D eigenvalue weighted by Gasteiger charge is -2.33. The van der Waals surface area contributed by atoms with Crippen molar-refractivity contribution >= 4 is 50.7 Å². The van der Waals surface area contributed by atoms with E-state index in [1.165, 1.54) is 47.4 Å². The Bertz CT molecular complexity index is 1110.